The van der Waals surface area contributed by atoms with Crippen LogP contribution in [0.3, 0.4) is 0 Å². The average molecular weight is 394 g/mol. The number of carbonyl (C=O) groups excluding carboxylic acids is 2. The highest BCUT2D eigenvalue weighted by Gasteiger charge is 2.18. The smallest absolute Gasteiger partial charge is 0.340 e. The fraction of sp³-hybridized carbons (Fsp3) is 0.263. The van der Waals surface area contributed by atoms with Crippen molar-refractivity contribution in [2.75, 3.05) is 26.6 Å². The lowest BCUT2D eigenvalue weighted by Crippen LogP contribution is -2.15. The van der Waals surface area contributed by atoms with E-state index in [-0.39, 0.29) is 47.6 Å². The number of esters is 1. The molecule has 0 atom stereocenters. The summed E-state index contributed by atoms with van der Waals surface area (Å²) in [6.45, 7) is 0.0561. The Kier molecular flexibility index (Phi) is 6.75. The van der Waals surface area contributed by atoms with E-state index in [4.69, 9.17) is 20.9 Å². The van der Waals surface area contributed by atoms with E-state index < -0.39 is 23.5 Å². The van der Waals surface area contributed by atoms with Crippen LogP contribution in [0.2, 0.25) is 0 Å². The van der Waals surface area contributed by atoms with Crippen LogP contribution in [0.4, 0.5) is 14.5 Å². The lowest BCUT2D eigenvalue weighted by Gasteiger charge is -2.14. The van der Waals surface area contributed by atoms with Gasteiger partial charge in [-0.2, -0.15) is 0 Å². The predicted octanol–water partition coefficient (Wildman–Crippen LogP) is 2.45. The van der Waals surface area contributed by atoms with Gasteiger partial charge in [0.05, 0.1) is 37.6 Å². The minimum absolute atomic E-state index is 0.0278. The molecule has 0 spiro atoms. The maximum Gasteiger partial charge on any atom is 0.340 e. The van der Waals surface area contributed by atoms with Gasteiger partial charge in [0, 0.05) is 17.7 Å². The number of carbonyl (C=O) groups is 2. The zero-order valence-corrected chi connectivity index (χ0v) is 15.4. The van der Waals surface area contributed by atoms with Gasteiger partial charge in [0.1, 0.15) is 11.6 Å². The monoisotopic (exact) mass is 394 g/mol. The SMILES string of the molecule is COC(=O)c1cc(OCCCc2c(F)ccc(C(N)=O)c2F)c(OC)cc1N. The largest absolute Gasteiger partial charge is 0.493 e. The molecule has 0 saturated heterocycles. The van der Waals surface area contributed by atoms with Gasteiger partial charge in [0.2, 0.25) is 0 Å². The number of benzene rings is 2. The molecule has 9 heteroatoms. The molecular formula is C19H20F2N2O5. The first kappa shape index (κ1) is 20.9. The third-order valence-electron chi connectivity index (χ3n) is 4.02. The summed E-state index contributed by atoms with van der Waals surface area (Å²) in [5.74, 6) is -2.86. The quantitative estimate of drug-likeness (QED) is 0.404. The van der Waals surface area contributed by atoms with Crippen molar-refractivity contribution in [1.82, 2.24) is 0 Å². The maximum absolute atomic E-state index is 14.2. The number of ether oxygens (including phenoxy) is 3. The standard InChI is InChI=1S/C19H20F2N2O5/c1-26-15-9-14(22)12(19(25)27-2)8-16(15)28-7-3-4-10-13(20)6-5-11(17(10)21)18(23)24/h5-6,8-9H,3-4,7,22H2,1-2H3,(H2,23,24). The Labute approximate surface area is 160 Å². The highest BCUT2D eigenvalue weighted by Crippen LogP contribution is 2.32. The van der Waals surface area contributed by atoms with E-state index in [0.29, 0.717) is 5.75 Å². The number of nitrogens with two attached hydrogens (primary N) is 2. The summed E-state index contributed by atoms with van der Waals surface area (Å²) in [4.78, 5) is 22.9. The van der Waals surface area contributed by atoms with Crippen molar-refractivity contribution in [2.24, 2.45) is 5.73 Å². The molecular weight excluding hydrogens is 374 g/mol. The minimum atomic E-state index is -0.981. The molecule has 0 bridgehead atoms. The normalized spacial score (nSPS) is 10.4. The second-order valence-corrected chi connectivity index (χ2v) is 5.79. The minimum Gasteiger partial charge on any atom is -0.493 e. The van der Waals surface area contributed by atoms with Gasteiger partial charge in [-0.05, 0) is 25.0 Å². The van der Waals surface area contributed by atoms with Crippen LogP contribution in [-0.4, -0.2) is 32.7 Å². The number of halogens is 2. The van der Waals surface area contributed by atoms with E-state index in [9.17, 15) is 18.4 Å². The van der Waals surface area contributed by atoms with E-state index in [1.54, 1.807) is 0 Å². The van der Waals surface area contributed by atoms with Gasteiger partial charge in [-0.15, -0.1) is 0 Å². The number of anilines is 1. The molecule has 0 heterocycles. The number of amides is 1. The zero-order chi connectivity index (χ0) is 20.8. The van der Waals surface area contributed by atoms with Crippen molar-refractivity contribution in [1.29, 1.82) is 0 Å². The van der Waals surface area contributed by atoms with E-state index in [2.05, 4.69) is 4.74 Å². The van der Waals surface area contributed by atoms with Crippen LogP contribution in [0.5, 0.6) is 11.5 Å². The van der Waals surface area contributed by atoms with E-state index in [0.717, 1.165) is 12.1 Å². The Morgan fingerprint density at radius 2 is 1.79 bits per heavy atom. The van der Waals surface area contributed by atoms with Crippen LogP contribution in [0.25, 0.3) is 0 Å². The second kappa shape index (κ2) is 9.03. The molecule has 0 aromatic heterocycles. The van der Waals surface area contributed by atoms with Gasteiger partial charge < -0.3 is 25.7 Å². The molecule has 1 amide bonds. The molecule has 2 aromatic carbocycles. The molecule has 0 aliphatic carbocycles. The van der Waals surface area contributed by atoms with E-state index >= 15 is 0 Å². The lowest BCUT2D eigenvalue weighted by molar-refractivity contribution is 0.0601. The highest BCUT2D eigenvalue weighted by atomic mass is 19.1. The summed E-state index contributed by atoms with van der Waals surface area (Å²) in [5, 5.41) is 0. The van der Waals surface area contributed by atoms with Gasteiger partial charge in [0.15, 0.2) is 11.5 Å². The molecule has 0 saturated carbocycles. The van der Waals surface area contributed by atoms with Crippen molar-refractivity contribution in [3.05, 3.63) is 52.6 Å². The van der Waals surface area contributed by atoms with Crippen molar-refractivity contribution in [3.63, 3.8) is 0 Å². The third kappa shape index (κ3) is 4.48. The van der Waals surface area contributed by atoms with Crippen LogP contribution in [-0.2, 0) is 11.2 Å². The number of hydrogen-bond acceptors (Lipinski definition) is 6. The third-order valence-corrected chi connectivity index (χ3v) is 4.02. The number of primary amides is 1. The van der Waals surface area contributed by atoms with Gasteiger partial charge in [-0.25, -0.2) is 13.6 Å². The summed E-state index contributed by atoms with van der Waals surface area (Å²) >= 11 is 0. The fourth-order valence-electron chi connectivity index (χ4n) is 2.58. The van der Waals surface area contributed by atoms with Crippen LogP contribution < -0.4 is 20.9 Å². The number of hydrogen-bond donors (Lipinski definition) is 2. The first-order valence-corrected chi connectivity index (χ1v) is 8.25. The Morgan fingerprint density at radius 3 is 2.39 bits per heavy atom. The van der Waals surface area contributed by atoms with E-state index in [1.165, 1.54) is 26.4 Å². The maximum atomic E-state index is 14.2. The molecule has 0 aliphatic heterocycles. The first-order chi connectivity index (χ1) is 13.3. The molecule has 0 fully saturated rings. The van der Waals surface area contributed by atoms with Crippen LogP contribution in [0.1, 0.15) is 32.7 Å². The number of rotatable bonds is 8. The average Bonchev–Trinajstić information content (AvgIpc) is 2.66. The molecule has 150 valence electrons. The summed E-state index contributed by atoms with van der Waals surface area (Å²) in [5.41, 5.74) is 10.5. The first-order valence-electron chi connectivity index (χ1n) is 8.25. The number of nitrogen functional groups attached to an aromatic ring is 1. The summed E-state index contributed by atoms with van der Waals surface area (Å²) in [7, 11) is 2.62. The van der Waals surface area contributed by atoms with Gasteiger partial charge in [-0.1, -0.05) is 0 Å². The van der Waals surface area contributed by atoms with Crippen LogP contribution in [0, 0.1) is 11.6 Å². The van der Waals surface area contributed by atoms with Gasteiger partial charge >= 0.3 is 5.97 Å². The zero-order valence-electron chi connectivity index (χ0n) is 15.4. The molecule has 28 heavy (non-hydrogen) atoms. The predicted molar refractivity (Wildman–Crippen MR) is 97.4 cm³/mol. The second-order valence-electron chi connectivity index (χ2n) is 5.79. The molecule has 0 aliphatic rings. The molecule has 4 N–H and O–H groups in total. The van der Waals surface area contributed by atoms with Gasteiger partial charge in [-0.3, -0.25) is 4.79 Å². The molecule has 0 radical (unpaired) electrons. The van der Waals surface area contributed by atoms with Crippen molar-refractivity contribution in [2.45, 2.75) is 12.8 Å². The Balaban J connectivity index is 2.11. The highest BCUT2D eigenvalue weighted by molar-refractivity contribution is 5.96. The molecule has 2 aromatic rings. The Morgan fingerprint density at radius 1 is 1.07 bits per heavy atom. The topological polar surface area (TPSA) is 114 Å². The van der Waals surface area contributed by atoms with E-state index in [1.807, 2.05) is 0 Å². The molecule has 0 unspecified atom stereocenters. The summed E-state index contributed by atoms with van der Waals surface area (Å²) in [6, 6.07) is 4.78. The van der Waals surface area contributed by atoms with Crippen molar-refractivity contribution in [3.8, 4) is 11.5 Å². The van der Waals surface area contributed by atoms with Crippen molar-refractivity contribution >= 4 is 17.6 Å². The molecule has 7 nitrogen and oxygen atoms in total. The fourth-order valence-corrected chi connectivity index (χ4v) is 2.58. The Bertz CT molecular complexity index is 902. The number of methoxy groups -OCH3 is 2. The summed E-state index contributed by atoms with van der Waals surface area (Å²) in [6.07, 6.45) is 0.192. The van der Waals surface area contributed by atoms with Gasteiger partial charge in [0.25, 0.3) is 5.91 Å². The molecule has 2 rings (SSSR count). The summed E-state index contributed by atoms with van der Waals surface area (Å²) < 4.78 is 43.5. The van der Waals surface area contributed by atoms with Crippen molar-refractivity contribution < 1.29 is 32.6 Å². The van der Waals surface area contributed by atoms with Crippen LogP contribution >= 0.6 is 0 Å². The van der Waals surface area contributed by atoms with Crippen LogP contribution in [0.15, 0.2) is 24.3 Å². The lowest BCUT2D eigenvalue weighted by atomic mass is 10.0. The Hall–Kier alpha value is -3.36.